The number of rotatable bonds is 9. The van der Waals surface area contributed by atoms with Gasteiger partial charge in [0, 0.05) is 12.8 Å². The molecule has 2 heteroatoms. The van der Waals surface area contributed by atoms with Crippen molar-refractivity contribution in [1.82, 2.24) is 0 Å². The van der Waals surface area contributed by atoms with Gasteiger partial charge in [-0.15, -0.1) is 24.9 Å². The molecule has 0 aromatic heterocycles. The molecule has 1 aliphatic rings. The molecule has 1 N–H and O–H groups in total. The topological polar surface area (TPSA) is 23.9 Å². The summed E-state index contributed by atoms with van der Waals surface area (Å²) in [5.74, 6) is 0.716. The Hall–Kier alpha value is -1.20. The molecule has 0 saturated carbocycles. The van der Waals surface area contributed by atoms with Crippen LogP contribution < -0.4 is 0 Å². The number of hydrogen-bond acceptors (Lipinski definition) is 1. The Balaban J connectivity index is 0.000000462. The van der Waals surface area contributed by atoms with Gasteiger partial charge in [-0.05, 0) is 65.4 Å². The van der Waals surface area contributed by atoms with Gasteiger partial charge in [-0.25, -0.2) is 0 Å². The van der Waals surface area contributed by atoms with Crippen LogP contribution >= 0.6 is 7.71 Å². The standard InChI is InChI=1S/C13H22.C10H17NP/c1-6-7-8-13(9-11(2)3)10-12(4)5;1-8(2)6-10-7-9(3)4-5-12(10)11/h6,13H,1-2,4,7-10H2,3,5H3;4,10-11H,1,5-7H2,2-3H3/q;+1/t;10-/m.1/s1. The van der Waals surface area contributed by atoms with Crippen LogP contribution in [0, 0.1) is 11.1 Å². The molecule has 0 aromatic carbocycles. The minimum absolute atomic E-state index is 0.501. The number of nitrogens with one attached hydrogen (secondary N) is 1. The molecule has 140 valence electrons. The summed E-state index contributed by atoms with van der Waals surface area (Å²) >= 11 is 0. The zero-order valence-electron chi connectivity index (χ0n) is 17.0. The van der Waals surface area contributed by atoms with Crippen molar-refractivity contribution in [3.63, 3.8) is 0 Å². The van der Waals surface area contributed by atoms with Crippen molar-refractivity contribution in [1.29, 1.82) is 5.16 Å². The first-order chi connectivity index (χ1) is 11.6. The van der Waals surface area contributed by atoms with Crippen molar-refractivity contribution < 1.29 is 0 Å². The zero-order chi connectivity index (χ0) is 19.4. The molecule has 25 heavy (non-hydrogen) atoms. The van der Waals surface area contributed by atoms with Gasteiger partial charge in [0.1, 0.15) is 11.8 Å². The van der Waals surface area contributed by atoms with Gasteiger partial charge >= 0.3 is 0 Å². The third kappa shape index (κ3) is 12.8. The van der Waals surface area contributed by atoms with Crippen molar-refractivity contribution in [3.8, 4) is 0 Å². The fraction of sp³-hybridized carbons (Fsp3) is 0.565. The van der Waals surface area contributed by atoms with Crippen LogP contribution in [0.1, 0.15) is 66.2 Å². The number of allylic oxidation sites excluding steroid dienone is 6. The van der Waals surface area contributed by atoms with Crippen molar-refractivity contribution >= 4 is 7.71 Å². The van der Waals surface area contributed by atoms with Crippen molar-refractivity contribution in [2.75, 3.05) is 6.16 Å². The molecule has 0 amide bonds. The summed E-state index contributed by atoms with van der Waals surface area (Å²) in [4.78, 5) is 0. The smallest absolute Gasteiger partial charge is 0.124 e. The highest BCUT2D eigenvalue weighted by Gasteiger charge is 2.28. The highest BCUT2D eigenvalue weighted by Crippen LogP contribution is 2.40. The maximum Gasteiger partial charge on any atom is 0.204 e. The van der Waals surface area contributed by atoms with Crippen LogP contribution in [0.15, 0.2) is 60.8 Å². The van der Waals surface area contributed by atoms with Crippen LogP contribution in [0.5, 0.6) is 0 Å². The first-order valence-electron chi connectivity index (χ1n) is 9.33. The minimum atomic E-state index is -0.501. The van der Waals surface area contributed by atoms with E-state index in [9.17, 15) is 0 Å². The molecule has 0 saturated heterocycles. The van der Waals surface area contributed by atoms with Crippen molar-refractivity contribution in [2.45, 2.75) is 71.9 Å². The molecule has 0 bridgehead atoms. The van der Waals surface area contributed by atoms with Crippen LogP contribution in [-0.4, -0.2) is 11.8 Å². The summed E-state index contributed by atoms with van der Waals surface area (Å²) in [6.07, 6.45) is 12.0. The Labute approximate surface area is 158 Å². The van der Waals surface area contributed by atoms with E-state index in [0.717, 1.165) is 38.3 Å². The van der Waals surface area contributed by atoms with Gasteiger partial charge in [0.05, 0.1) is 0 Å². The maximum atomic E-state index is 7.89. The molecular weight excluding hydrogens is 321 g/mol. The summed E-state index contributed by atoms with van der Waals surface area (Å²) < 4.78 is 0. The minimum Gasteiger partial charge on any atom is -0.124 e. The van der Waals surface area contributed by atoms with E-state index in [-0.39, 0.29) is 0 Å². The molecule has 1 heterocycles. The molecule has 1 unspecified atom stereocenters. The normalized spacial score (nSPS) is 18.0. The summed E-state index contributed by atoms with van der Waals surface area (Å²) in [5.41, 5.74) is 5.83. The molecule has 1 aliphatic heterocycles. The Morgan fingerprint density at radius 1 is 1.20 bits per heavy atom. The van der Waals surface area contributed by atoms with Crippen LogP contribution in [-0.2, 0) is 0 Å². The maximum absolute atomic E-state index is 7.89. The molecule has 1 nitrogen and oxygen atoms in total. The second-order valence-corrected chi connectivity index (χ2v) is 9.81. The molecule has 0 spiro atoms. The highest BCUT2D eigenvalue weighted by atomic mass is 31.1. The van der Waals surface area contributed by atoms with Crippen LogP contribution in [0.2, 0.25) is 0 Å². The first-order valence-corrected chi connectivity index (χ1v) is 10.9. The van der Waals surface area contributed by atoms with Gasteiger partial charge < -0.3 is 0 Å². The third-order valence-corrected chi connectivity index (χ3v) is 6.09. The summed E-state index contributed by atoms with van der Waals surface area (Å²) in [7, 11) is -0.501. The van der Waals surface area contributed by atoms with E-state index >= 15 is 0 Å². The summed E-state index contributed by atoms with van der Waals surface area (Å²) in [5, 5.41) is 7.89. The lowest BCUT2D eigenvalue weighted by atomic mass is 9.90. The molecule has 1 rings (SSSR count). The van der Waals surface area contributed by atoms with Crippen LogP contribution in [0.25, 0.3) is 0 Å². The molecule has 0 fully saturated rings. The zero-order valence-corrected chi connectivity index (χ0v) is 17.9. The molecule has 0 radical (unpaired) electrons. The predicted molar refractivity (Wildman–Crippen MR) is 118 cm³/mol. The van der Waals surface area contributed by atoms with Crippen molar-refractivity contribution in [2.24, 2.45) is 5.92 Å². The lowest BCUT2D eigenvalue weighted by molar-refractivity contribution is 0.482. The average molecular weight is 361 g/mol. The van der Waals surface area contributed by atoms with E-state index in [1.54, 1.807) is 0 Å². The summed E-state index contributed by atoms with van der Waals surface area (Å²) in [6, 6.07) is 0. The monoisotopic (exact) mass is 360 g/mol. The van der Waals surface area contributed by atoms with Crippen LogP contribution in [0.3, 0.4) is 0 Å². The van der Waals surface area contributed by atoms with E-state index in [0.29, 0.717) is 11.6 Å². The van der Waals surface area contributed by atoms with Gasteiger partial charge in [-0.2, -0.15) is 0 Å². The quantitative estimate of drug-likeness (QED) is 0.315. The molecule has 0 aliphatic carbocycles. The first kappa shape index (κ1) is 23.8. The number of hydrogen-bond donors (Lipinski definition) is 1. The lowest BCUT2D eigenvalue weighted by Crippen LogP contribution is -2.08. The van der Waals surface area contributed by atoms with E-state index in [1.807, 2.05) is 6.08 Å². The van der Waals surface area contributed by atoms with Gasteiger partial charge in [0.15, 0.2) is 0 Å². The third-order valence-electron chi connectivity index (χ3n) is 4.27. The lowest BCUT2D eigenvalue weighted by Gasteiger charge is -2.15. The SMILES string of the molecule is C=C(C)C[C@@H]1CC(C)=CC[P+]1=N.C=CCCC(CC(=C)C)CC(=C)C. The van der Waals surface area contributed by atoms with Gasteiger partial charge in [-0.3, -0.25) is 0 Å². The largest absolute Gasteiger partial charge is 0.204 e. The van der Waals surface area contributed by atoms with E-state index < -0.39 is 7.71 Å². The average Bonchev–Trinajstić information content (AvgIpc) is 2.47. The molecule has 2 atom stereocenters. The highest BCUT2D eigenvalue weighted by molar-refractivity contribution is 7.47. The second-order valence-electron chi connectivity index (χ2n) is 7.78. The Kier molecular flexibility index (Phi) is 12.4. The fourth-order valence-electron chi connectivity index (χ4n) is 3.17. The van der Waals surface area contributed by atoms with Gasteiger partial charge in [0.2, 0.25) is 7.71 Å². The van der Waals surface area contributed by atoms with E-state index in [1.165, 1.54) is 28.7 Å². The Morgan fingerprint density at radius 2 is 1.76 bits per heavy atom. The predicted octanol–water partition coefficient (Wildman–Crippen LogP) is 8.42. The van der Waals surface area contributed by atoms with Gasteiger partial charge in [-0.1, -0.05) is 34.9 Å². The van der Waals surface area contributed by atoms with Crippen molar-refractivity contribution in [3.05, 3.63) is 60.8 Å². The Morgan fingerprint density at radius 3 is 2.20 bits per heavy atom. The van der Waals surface area contributed by atoms with E-state index in [2.05, 4.69) is 60.1 Å². The Bertz CT molecular complexity index is 508. The van der Waals surface area contributed by atoms with Gasteiger partial charge in [0.25, 0.3) is 0 Å². The van der Waals surface area contributed by atoms with Crippen LogP contribution in [0.4, 0.5) is 0 Å². The summed E-state index contributed by atoms with van der Waals surface area (Å²) in [6.45, 7) is 24.0. The molecular formula is C23H39NP+. The van der Waals surface area contributed by atoms with E-state index in [4.69, 9.17) is 5.16 Å². The second kappa shape index (κ2) is 13.1. The fourth-order valence-corrected chi connectivity index (χ4v) is 5.02. The molecule has 0 aromatic rings.